The Morgan fingerprint density at radius 3 is 2.82 bits per heavy atom. The van der Waals surface area contributed by atoms with Crippen molar-refractivity contribution in [2.24, 2.45) is 0 Å². The molecule has 1 aromatic heterocycles. The second-order valence-electron chi connectivity index (χ2n) is 4.44. The second-order valence-corrected chi connectivity index (χ2v) is 4.44. The molecule has 0 aliphatic carbocycles. The Morgan fingerprint density at radius 2 is 2.18 bits per heavy atom. The normalized spacial score (nSPS) is 11.6. The van der Waals surface area contributed by atoms with Crippen molar-refractivity contribution < 1.29 is 4.39 Å². The fourth-order valence-electron chi connectivity index (χ4n) is 1.94. The van der Waals surface area contributed by atoms with Crippen LogP contribution in [0.5, 0.6) is 0 Å². The minimum absolute atomic E-state index is 0.235. The lowest BCUT2D eigenvalue weighted by Gasteiger charge is -2.09. The third-order valence-electron chi connectivity index (χ3n) is 2.77. The van der Waals surface area contributed by atoms with E-state index >= 15 is 0 Å². The van der Waals surface area contributed by atoms with Crippen LogP contribution in [-0.4, -0.2) is 15.6 Å². The van der Waals surface area contributed by atoms with Crippen LogP contribution >= 0.6 is 0 Å². The van der Waals surface area contributed by atoms with Crippen molar-refractivity contribution in [3.8, 4) is 0 Å². The Balaban J connectivity index is 2.41. The number of hydrogen-bond donors (Lipinski definition) is 1. The molecule has 0 radical (unpaired) electrons. The molecule has 17 heavy (non-hydrogen) atoms. The summed E-state index contributed by atoms with van der Waals surface area (Å²) in [5.74, 6) is 0.725. The molecule has 4 heteroatoms. The zero-order valence-corrected chi connectivity index (χ0v) is 10.5. The van der Waals surface area contributed by atoms with Crippen LogP contribution in [0.25, 0.3) is 11.0 Å². The number of fused-ring (bicyclic) bond motifs is 1. The average molecular weight is 235 g/mol. The summed E-state index contributed by atoms with van der Waals surface area (Å²) in [7, 11) is 0. The molecule has 0 amide bonds. The molecule has 0 saturated carbocycles. The van der Waals surface area contributed by atoms with Crippen LogP contribution in [0.1, 0.15) is 26.6 Å². The van der Waals surface area contributed by atoms with Crippen LogP contribution in [-0.2, 0) is 13.1 Å². The van der Waals surface area contributed by atoms with Gasteiger partial charge in [-0.05, 0) is 19.1 Å². The molecule has 0 bridgehead atoms. The Labute approximate surface area is 101 Å². The number of hydrogen-bond acceptors (Lipinski definition) is 2. The molecule has 0 aliphatic heterocycles. The molecular weight excluding hydrogens is 217 g/mol. The van der Waals surface area contributed by atoms with E-state index in [0.717, 1.165) is 23.4 Å². The average Bonchev–Trinajstić information content (AvgIpc) is 2.62. The predicted octanol–water partition coefficient (Wildman–Crippen LogP) is 2.69. The Bertz CT molecular complexity index is 517. The first kappa shape index (κ1) is 12.0. The van der Waals surface area contributed by atoms with Gasteiger partial charge in [0.05, 0.1) is 17.6 Å². The van der Waals surface area contributed by atoms with Crippen molar-refractivity contribution in [2.75, 3.05) is 0 Å². The SMILES string of the molecule is CCn1c(CNC(C)C)nc2cc(F)ccc21. The summed E-state index contributed by atoms with van der Waals surface area (Å²) in [6.07, 6.45) is 0. The minimum Gasteiger partial charge on any atom is -0.327 e. The van der Waals surface area contributed by atoms with Gasteiger partial charge in [0.2, 0.25) is 0 Å². The van der Waals surface area contributed by atoms with Gasteiger partial charge in [-0.1, -0.05) is 13.8 Å². The molecule has 1 N–H and O–H groups in total. The van der Waals surface area contributed by atoms with Crippen molar-refractivity contribution in [1.82, 2.24) is 14.9 Å². The summed E-state index contributed by atoms with van der Waals surface area (Å²) in [5.41, 5.74) is 1.72. The van der Waals surface area contributed by atoms with Gasteiger partial charge in [0, 0.05) is 18.7 Å². The molecule has 2 aromatic rings. The number of imidazole rings is 1. The number of rotatable bonds is 4. The number of aromatic nitrogens is 2. The van der Waals surface area contributed by atoms with Crippen LogP contribution in [0.4, 0.5) is 4.39 Å². The fraction of sp³-hybridized carbons (Fsp3) is 0.462. The third kappa shape index (κ3) is 2.47. The van der Waals surface area contributed by atoms with Gasteiger partial charge in [0.1, 0.15) is 11.6 Å². The lowest BCUT2D eigenvalue weighted by Crippen LogP contribution is -2.23. The van der Waals surface area contributed by atoms with Crippen LogP contribution in [0.3, 0.4) is 0 Å². The van der Waals surface area contributed by atoms with E-state index in [0.29, 0.717) is 12.6 Å². The topological polar surface area (TPSA) is 29.9 Å². The monoisotopic (exact) mass is 235 g/mol. The summed E-state index contributed by atoms with van der Waals surface area (Å²) < 4.78 is 15.2. The third-order valence-corrected chi connectivity index (χ3v) is 2.77. The molecule has 1 heterocycles. The van der Waals surface area contributed by atoms with E-state index in [1.54, 1.807) is 6.07 Å². The van der Waals surface area contributed by atoms with E-state index < -0.39 is 0 Å². The lowest BCUT2D eigenvalue weighted by atomic mass is 10.3. The van der Waals surface area contributed by atoms with E-state index in [9.17, 15) is 4.39 Å². The number of benzene rings is 1. The largest absolute Gasteiger partial charge is 0.327 e. The molecule has 92 valence electrons. The van der Waals surface area contributed by atoms with Crippen molar-refractivity contribution >= 4 is 11.0 Å². The van der Waals surface area contributed by atoms with Gasteiger partial charge >= 0.3 is 0 Å². The van der Waals surface area contributed by atoms with Crippen molar-refractivity contribution in [1.29, 1.82) is 0 Å². The van der Waals surface area contributed by atoms with Crippen molar-refractivity contribution in [3.05, 3.63) is 29.8 Å². The summed E-state index contributed by atoms with van der Waals surface area (Å²) in [6, 6.07) is 5.17. The Kier molecular flexibility index (Phi) is 3.43. The molecule has 1 aromatic carbocycles. The van der Waals surface area contributed by atoms with Crippen molar-refractivity contribution in [2.45, 2.75) is 39.9 Å². The van der Waals surface area contributed by atoms with Crippen LogP contribution in [0.2, 0.25) is 0 Å². The van der Waals surface area contributed by atoms with Crippen LogP contribution < -0.4 is 5.32 Å². The van der Waals surface area contributed by atoms with E-state index in [4.69, 9.17) is 0 Å². The molecule has 0 aliphatic rings. The molecule has 0 unspecified atom stereocenters. The van der Waals surface area contributed by atoms with Gasteiger partial charge in [-0.2, -0.15) is 0 Å². The smallest absolute Gasteiger partial charge is 0.125 e. The summed E-state index contributed by atoms with van der Waals surface area (Å²) in [6.45, 7) is 7.82. The number of nitrogens with one attached hydrogen (secondary N) is 1. The van der Waals surface area contributed by atoms with Crippen LogP contribution in [0.15, 0.2) is 18.2 Å². The maximum absolute atomic E-state index is 13.1. The van der Waals surface area contributed by atoms with E-state index in [1.807, 2.05) is 0 Å². The maximum Gasteiger partial charge on any atom is 0.125 e. The summed E-state index contributed by atoms with van der Waals surface area (Å²) >= 11 is 0. The van der Waals surface area contributed by atoms with Gasteiger partial charge in [-0.15, -0.1) is 0 Å². The quantitative estimate of drug-likeness (QED) is 0.883. The Hall–Kier alpha value is -1.42. The van der Waals surface area contributed by atoms with E-state index in [2.05, 4.69) is 35.6 Å². The highest BCUT2D eigenvalue weighted by molar-refractivity contribution is 5.76. The first-order valence-corrected chi connectivity index (χ1v) is 6.00. The first-order chi connectivity index (χ1) is 8.11. The highest BCUT2D eigenvalue weighted by Crippen LogP contribution is 2.17. The molecular formula is C13H18FN3. The summed E-state index contributed by atoms with van der Waals surface area (Å²) in [4.78, 5) is 4.48. The zero-order valence-electron chi connectivity index (χ0n) is 10.5. The molecule has 3 nitrogen and oxygen atoms in total. The number of halogens is 1. The molecule has 2 rings (SSSR count). The predicted molar refractivity (Wildman–Crippen MR) is 67.3 cm³/mol. The number of nitrogens with zero attached hydrogens (tertiary/aromatic N) is 2. The van der Waals surface area contributed by atoms with Crippen molar-refractivity contribution in [3.63, 3.8) is 0 Å². The standard InChI is InChI=1S/C13H18FN3/c1-4-17-12-6-5-10(14)7-11(12)16-13(17)8-15-9(2)3/h5-7,9,15H,4,8H2,1-3H3. The molecule has 0 spiro atoms. The lowest BCUT2D eigenvalue weighted by molar-refractivity contribution is 0.554. The number of aryl methyl sites for hydroxylation is 1. The minimum atomic E-state index is -0.235. The first-order valence-electron chi connectivity index (χ1n) is 6.00. The van der Waals surface area contributed by atoms with Crippen LogP contribution in [0, 0.1) is 5.82 Å². The molecule has 0 saturated heterocycles. The summed E-state index contributed by atoms with van der Waals surface area (Å²) in [5, 5.41) is 3.33. The zero-order chi connectivity index (χ0) is 12.4. The Morgan fingerprint density at radius 1 is 1.41 bits per heavy atom. The fourth-order valence-corrected chi connectivity index (χ4v) is 1.94. The second kappa shape index (κ2) is 4.84. The molecule has 0 fully saturated rings. The van der Waals surface area contributed by atoms with Gasteiger partial charge in [0.15, 0.2) is 0 Å². The van der Waals surface area contributed by atoms with Gasteiger partial charge in [0.25, 0.3) is 0 Å². The van der Waals surface area contributed by atoms with Gasteiger partial charge < -0.3 is 9.88 Å². The maximum atomic E-state index is 13.1. The van der Waals surface area contributed by atoms with E-state index in [-0.39, 0.29) is 5.82 Å². The highest BCUT2D eigenvalue weighted by atomic mass is 19.1. The van der Waals surface area contributed by atoms with E-state index in [1.165, 1.54) is 12.1 Å². The van der Waals surface area contributed by atoms with Gasteiger partial charge in [-0.25, -0.2) is 9.37 Å². The highest BCUT2D eigenvalue weighted by Gasteiger charge is 2.10. The molecule has 0 atom stereocenters. The van der Waals surface area contributed by atoms with Gasteiger partial charge in [-0.3, -0.25) is 0 Å².